The summed E-state index contributed by atoms with van der Waals surface area (Å²) in [6.07, 6.45) is 1.54. The molecule has 0 radical (unpaired) electrons. The number of urea groups is 1. The quantitative estimate of drug-likeness (QED) is 0.540. The fourth-order valence-corrected chi connectivity index (χ4v) is 2.83. The maximum absolute atomic E-state index is 11.9. The molecule has 0 aliphatic rings. The van der Waals surface area contributed by atoms with E-state index in [-0.39, 0.29) is 13.0 Å². The smallest absolute Gasteiger partial charge is 0.321 e. The van der Waals surface area contributed by atoms with Gasteiger partial charge in [-0.3, -0.25) is 10.1 Å². The predicted molar refractivity (Wildman–Crippen MR) is 93.3 cm³/mol. The zero-order valence-corrected chi connectivity index (χ0v) is 13.8. The Morgan fingerprint density at radius 3 is 2.80 bits per heavy atom. The van der Waals surface area contributed by atoms with Crippen LogP contribution in [0.4, 0.5) is 9.93 Å². The molecule has 3 rings (SSSR count). The molecule has 25 heavy (non-hydrogen) atoms. The first-order valence-corrected chi connectivity index (χ1v) is 8.28. The van der Waals surface area contributed by atoms with Crippen LogP contribution in [-0.2, 0) is 17.8 Å². The Balaban J connectivity index is 1.52. The van der Waals surface area contributed by atoms with E-state index < -0.39 is 12.0 Å². The topological polar surface area (TPSA) is 120 Å². The number of rotatable bonds is 6. The zero-order chi connectivity index (χ0) is 17.6. The number of benzene rings is 1. The van der Waals surface area contributed by atoms with Gasteiger partial charge in [0.2, 0.25) is 0 Å². The van der Waals surface area contributed by atoms with Gasteiger partial charge in [-0.05, 0) is 5.56 Å². The van der Waals surface area contributed by atoms with Crippen molar-refractivity contribution >= 4 is 28.5 Å². The van der Waals surface area contributed by atoms with Crippen LogP contribution in [0.15, 0.2) is 41.9 Å². The Bertz CT molecular complexity index is 875. The van der Waals surface area contributed by atoms with E-state index in [0.717, 1.165) is 11.3 Å². The van der Waals surface area contributed by atoms with E-state index in [9.17, 15) is 9.59 Å². The molecule has 128 valence electrons. The number of thiazole rings is 1. The van der Waals surface area contributed by atoms with Gasteiger partial charge in [-0.25, -0.2) is 14.8 Å². The normalized spacial score (nSPS) is 10.4. The van der Waals surface area contributed by atoms with E-state index in [4.69, 9.17) is 5.11 Å². The number of hydrogen-bond acceptors (Lipinski definition) is 5. The van der Waals surface area contributed by atoms with Gasteiger partial charge in [0.15, 0.2) is 5.13 Å². The fourth-order valence-electron chi connectivity index (χ4n) is 2.12. The molecule has 0 saturated heterocycles. The van der Waals surface area contributed by atoms with Crippen molar-refractivity contribution in [3.8, 4) is 11.3 Å². The molecule has 2 heterocycles. The SMILES string of the molecule is O=C(O)Cc1csc(NC(=O)NCc2ncc(-c3ccccc3)[nH]2)n1. The van der Waals surface area contributed by atoms with Crippen molar-refractivity contribution in [1.82, 2.24) is 20.3 Å². The van der Waals surface area contributed by atoms with Crippen LogP contribution < -0.4 is 10.6 Å². The average molecular weight is 357 g/mol. The van der Waals surface area contributed by atoms with Crippen LogP contribution in [-0.4, -0.2) is 32.1 Å². The van der Waals surface area contributed by atoms with Crippen LogP contribution in [0.3, 0.4) is 0 Å². The minimum absolute atomic E-state index is 0.172. The maximum Gasteiger partial charge on any atom is 0.321 e. The summed E-state index contributed by atoms with van der Waals surface area (Å²) in [7, 11) is 0. The lowest BCUT2D eigenvalue weighted by molar-refractivity contribution is -0.136. The average Bonchev–Trinajstić information content (AvgIpc) is 3.23. The third-order valence-corrected chi connectivity index (χ3v) is 4.04. The van der Waals surface area contributed by atoms with Crippen LogP contribution in [0.25, 0.3) is 11.3 Å². The Morgan fingerprint density at radius 2 is 2.04 bits per heavy atom. The molecular formula is C16H15N5O3S. The highest BCUT2D eigenvalue weighted by atomic mass is 32.1. The minimum Gasteiger partial charge on any atom is -0.481 e. The number of aliphatic carboxylic acids is 1. The summed E-state index contributed by atoms with van der Waals surface area (Å²) >= 11 is 1.17. The van der Waals surface area contributed by atoms with Gasteiger partial charge in [-0.2, -0.15) is 0 Å². The van der Waals surface area contributed by atoms with E-state index in [1.165, 1.54) is 11.3 Å². The second-order valence-corrected chi connectivity index (χ2v) is 5.99. The molecule has 9 heteroatoms. The van der Waals surface area contributed by atoms with Crippen molar-refractivity contribution in [3.63, 3.8) is 0 Å². The van der Waals surface area contributed by atoms with Crippen LogP contribution in [0.1, 0.15) is 11.5 Å². The number of carboxylic acids is 1. The van der Waals surface area contributed by atoms with Crippen molar-refractivity contribution in [2.45, 2.75) is 13.0 Å². The first-order valence-electron chi connectivity index (χ1n) is 7.40. The van der Waals surface area contributed by atoms with Gasteiger partial charge >= 0.3 is 12.0 Å². The van der Waals surface area contributed by atoms with Crippen molar-refractivity contribution in [1.29, 1.82) is 0 Å². The van der Waals surface area contributed by atoms with E-state index in [2.05, 4.69) is 25.6 Å². The Kier molecular flexibility index (Phi) is 5.05. The van der Waals surface area contributed by atoms with Gasteiger partial charge < -0.3 is 15.4 Å². The number of carbonyl (C=O) groups excluding carboxylic acids is 1. The standard InChI is InChI=1S/C16H15N5O3S/c22-14(23)6-11-9-25-16(19-11)21-15(24)18-8-13-17-7-12(20-13)10-4-2-1-3-5-10/h1-5,7,9H,6,8H2,(H,17,20)(H,22,23)(H2,18,19,21,24). The van der Waals surface area contributed by atoms with E-state index in [1.54, 1.807) is 11.6 Å². The molecule has 0 fully saturated rings. The third-order valence-electron chi connectivity index (χ3n) is 3.23. The lowest BCUT2D eigenvalue weighted by Crippen LogP contribution is -2.28. The van der Waals surface area contributed by atoms with Crippen molar-refractivity contribution in [3.05, 3.63) is 53.4 Å². The summed E-state index contributed by atoms with van der Waals surface area (Å²) in [5.41, 5.74) is 2.29. The van der Waals surface area contributed by atoms with Gasteiger partial charge in [0.05, 0.1) is 30.6 Å². The second kappa shape index (κ2) is 7.58. The molecule has 0 aliphatic carbocycles. The summed E-state index contributed by atoms with van der Waals surface area (Å²) in [5.74, 6) is -0.340. The zero-order valence-electron chi connectivity index (χ0n) is 13.0. The number of carboxylic acid groups (broad SMARTS) is 1. The summed E-state index contributed by atoms with van der Waals surface area (Å²) in [5, 5.41) is 15.9. The van der Waals surface area contributed by atoms with Crippen molar-refractivity contribution in [2.24, 2.45) is 0 Å². The lowest BCUT2D eigenvalue weighted by atomic mass is 10.2. The predicted octanol–water partition coefficient (Wildman–Crippen LogP) is 2.48. The molecule has 2 aromatic heterocycles. The highest BCUT2D eigenvalue weighted by Gasteiger charge is 2.09. The molecule has 0 saturated carbocycles. The minimum atomic E-state index is -0.964. The van der Waals surface area contributed by atoms with Gasteiger partial charge in [0.1, 0.15) is 5.82 Å². The van der Waals surface area contributed by atoms with E-state index >= 15 is 0 Å². The van der Waals surface area contributed by atoms with E-state index in [1.807, 2.05) is 30.3 Å². The fraction of sp³-hybridized carbons (Fsp3) is 0.125. The van der Waals surface area contributed by atoms with Crippen LogP contribution in [0, 0.1) is 0 Å². The summed E-state index contributed by atoms with van der Waals surface area (Å²) in [6.45, 7) is 0.228. The highest BCUT2D eigenvalue weighted by molar-refractivity contribution is 7.13. The third kappa shape index (κ3) is 4.64. The van der Waals surface area contributed by atoms with Crippen LogP contribution in [0.5, 0.6) is 0 Å². The lowest BCUT2D eigenvalue weighted by Gasteiger charge is -2.03. The number of aromatic amines is 1. The first kappa shape index (κ1) is 16.7. The first-order chi connectivity index (χ1) is 12.1. The molecule has 2 amide bonds. The summed E-state index contributed by atoms with van der Waals surface area (Å²) < 4.78 is 0. The Hall–Kier alpha value is -3.20. The molecule has 3 aromatic rings. The molecule has 8 nitrogen and oxygen atoms in total. The number of H-pyrrole nitrogens is 1. The molecule has 0 spiro atoms. The molecule has 0 unspecified atom stereocenters. The van der Waals surface area contributed by atoms with Gasteiger partial charge in [-0.15, -0.1) is 11.3 Å². The number of imidazole rings is 1. The van der Waals surface area contributed by atoms with Crippen molar-refractivity contribution < 1.29 is 14.7 Å². The monoisotopic (exact) mass is 357 g/mol. The molecule has 0 bridgehead atoms. The summed E-state index contributed by atoms with van der Waals surface area (Å²) in [6, 6.07) is 9.31. The number of anilines is 1. The van der Waals surface area contributed by atoms with Crippen LogP contribution in [0.2, 0.25) is 0 Å². The van der Waals surface area contributed by atoms with Gasteiger partial charge in [0, 0.05) is 5.38 Å². The number of nitrogens with zero attached hydrogens (tertiary/aromatic N) is 2. The molecule has 0 atom stereocenters. The number of amides is 2. The van der Waals surface area contributed by atoms with Crippen molar-refractivity contribution in [2.75, 3.05) is 5.32 Å². The molecule has 0 aliphatic heterocycles. The molecular weight excluding hydrogens is 342 g/mol. The largest absolute Gasteiger partial charge is 0.481 e. The van der Waals surface area contributed by atoms with E-state index in [0.29, 0.717) is 16.6 Å². The molecule has 1 aromatic carbocycles. The number of nitrogens with one attached hydrogen (secondary N) is 3. The number of aromatic nitrogens is 3. The Labute approximate surface area is 147 Å². The Morgan fingerprint density at radius 1 is 1.24 bits per heavy atom. The number of hydrogen-bond donors (Lipinski definition) is 4. The second-order valence-electron chi connectivity index (χ2n) is 5.13. The van der Waals surface area contributed by atoms with Crippen LogP contribution >= 0.6 is 11.3 Å². The highest BCUT2D eigenvalue weighted by Crippen LogP contribution is 2.17. The summed E-state index contributed by atoms with van der Waals surface area (Å²) in [4.78, 5) is 33.9. The van der Waals surface area contributed by atoms with Gasteiger partial charge in [0.25, 0.3) is 0 Å². The molecule has 4 N–H and O–H groups in total. The number of carbonyl (C=O) groups is 2. The maximum atomic E-state index is 11.9. The van der Waals surface area contributed by atoms with Gasteiger partial charge in [-0.1, -0.05) is 30.3 Å².